The summed E-state index contributed by atoms with van der Waals surface area (Å²) in [6.07, 6.45) is 3.04. The number of carbonyl (C=O) groups is 2. The molecule has 2 fully saturated rings. The Morgan fingerprint density at radius 2 is 1.86 bits per heavy atom. The summed E-state index contributed by atoms with van der Waals surface area (Å²) in [7, 11) is 0. The van der Waals surface area contributed by atoms with E-state index in [2.05, 4.69) is 22.5 Å². The largest absolute Gasteiger partial charge is 0.462 e. The Bertz CT molecular complexity index is 1380. The summed E-state index contributed by atoms with van der Waals surface area (Å²) in [6, 6.07) is 7.61. The molecule has 0 atom stereocenters. The molecular weight excluding hydrogens is 470 g/mol. The average molecular weight is 506 g/mol. The zero-order valence-electron chi connectivity index (χ0n) is 22.4. The van der Waals surface area contributed by atoms with Gasteiger partial charge in [0.05, 0.1) is 34.6 Å². The van der Waals surface area contributed by atoms with Crippen molar-refractivity contribution in [2.45, 2.75) is 83.9 Å². The number of hydrogen-bond acceptors (Lipinski definition) is 7. The van der Waals surface area contributed by atoms with Gasteiger partial charge in [0.2, 0.25) is 0 Å². The lowest BCUT2D eigenvalue weighted by atomic mass is 10.1. The monoisotopic (exact) mass is 505 g/mol. The van der Waals surface area contributed by atoms with Crippen molar-refractivity contribution in [2.75, 3.05) is 11.9 Å². The lowest BCUT2D eigenvalue weighted by molar-refractivity contribution is 0.0478. The van der Waals surface area contributed by atoms with Crippen LogP contribution >= 0.6 is 0 Å². The van der Waals surface area contributed by atoms with Crippen molar-refractivity contribution < 1.29 is 19.1 Å². The highest BCUT2D eigenvalue weighted by Gasteiger charge is 2.50. The summed E-state index contributed by atoms with van der Waals surface area (Å²) in [5.74, 6) is 0.325. The Labute approximate surface area is 216 Å². The Morgan fingerprint density at radius 3 is 2.49 bits per heavy atom. The molecule has 1 aromatic carbocycles. The number of fused-ring (bicyclic) bond motifs is 1. The maximum absolute atomic E-state index is 13.0. The fraction of sp³-hybridized carbons (Fsp3) is 0.500. The molecule has 9 nitrogen and oxygen atoms in total. The topological polar surface area (TPSA) is 118 Å². The zero-order chi connectivity index (χ0) is 26.6. The van der Waals surface area contributed by atoms with Crippen LogP contribution in [0.1, 0.15) is 82.0 Å². The number of carbonyl (C=O) groups excluding carboxylic acids is 2. The fourth-order valence-corrected chi connectivity index (χ4v) is 4.51. The number of aryl methyl sites for hydroxylation is 1. The van der Waals surface area contributed by atoms with Crippen LogP contribution in [0, 0.1) is 6.92 Å². The highest BCUT2D eigenvalue weighted by molar-refractivity contribution is 5.97. The van der Waals surface area contributed by atoms with Gasteiger partial charge >= 0.3 is 12.1 Å². The lowest BCUT2D eigenvalue weighted by Gasteiger charge is -2.23. The Morgan fingerprint density at radius 1 is 1.14 bits per heavy atom. The van der Waals surface area contributed by atoms with E-state index in [1.165, 1.54) is 0 Å². The molecule has 0 unspecified atom stereocenters. The third-order valence-electron chi connectivity index (χ3n) is 6.86. The van der Waals surface area contributed by atoms with Crippen molar-refractivity contribution in [1.82, 2.24) is 20.3 Å². The van der Waals surface area contributed by atoms with E-state index in [0.717, 1.165) is 41.0 Å². The normalized spacial score (nSPS) is 17.2. The van der Waals surface area contributed by atoms with E-state index < -0.39 is 23.2 Å². The lowest BCUT2D eigenvalue weighted by Crippen LogP contribution is -2.40. The van der Waals surface area contributed by atoms with E-state index >= 15 is 0 Å². The third kappa shape index (κ3) is 5.12. The molecular formula is C28H35N5O4. The van der Waals surface area contributed by atoms with Crippen molar-refractivity contribution >= 4 is 28.9 Å². The minimum absolute atomic E-state index is 0.0599. The molecule has 2 aliphatic carbocycles. The number of esters is 1. The minimum atomic E-state index is -0.719. The number of ether oxygens (including phenoxy) is 2. The number of benzene rings is 1. The van der Waals surface area contributed by atoms with Crippen molar-refractivity contribution in [1.29, 1.82) is 0 Å². The molecule has 0 aliphatic heterocycles. The maximum atomic E-state index is 13.0. The van der Waals surface area contributed by atoms with Gasteiger partial charge in [0, 0.05) is 16.8 Å². The molecule has 0 radical (unpaired) electrons. The van der Waals surface area contributed by atoms with Crippen LogP contribution in [0.2, 0.25) is 0 Å². The highest BCUT2D eigenvalue weighted by Crippen LogP contribution is 2.48. The fourth-order valence-electron chi connectivity index (χ4n) is 4.51. The van der Waals surface area contributed by atoms with Gasteiger partial charge in [-0.25, -0.2) is 19.6 Å². The van der Waals surface area contributed by atoms with Crippen molar-refractivity contribution in [3.05, 3.63) is 41.2 Å². The maximum Gasteiger partial charge on any atom is 0.408 e. The summed E-state index contributed by atoms with van der Waals surface area (Å²) < 4.78 is 10.9. The minimum Gasteiger partial charge on any atom is -0.462 e. The summed E-state index contributed by atoms with van der Waals surface area (Å²) in [4.78, 5) is 38.8. The average Bonchev–Trinajstić information content (AvgIpc) is 3.69. The van der Waals surface area contributed by atoms with Crippen LogP contribution in [0.25, 0.3) is 22.3 Å². The van der Waals surface area contributed by atoms with Gasteiger partial charge < -0.3 is 25.1 Å². The molecule has 2 saturated carbocycles. The molecule has 3 N–H and O–H groups in total. The Kier molecular flexibility index (Phi) is 5.92. The molecule has 2 aromatic heterocycles. The molecule has 5 rings (SSSR count). The first-order valence-electron chi connectivity index (χ1n) is 12.9. The number of nitrogens with zero attached hydrogens (tertiary/aromatic N) is 2. The Hall–Kier alpha value is -3.62. The van der Waals surface area contributed by atoms with Gasteiger partial charge in [0.25, 0.3) is 0 Å². The number of H-pyrrole nitrogens is 1. The number of anilines is 1. The van der Waals surface area contributed by atoms with Gasteiger partial charge in [-0.3, -0.25) is 0 Å². The number of aromatic amines is 1. The molecule has 9 heteroatoms. The van der Waals surface area contributed by atoms with E-state index in [4.69, 9.17) is 19.4 Å². The number of rotatable bonds is 7. The highest BCUT2D eigenvalue weighted by atomic mass is 16.6. The number of aromatic nitrogens is 3. The smallest absolute Gasteiger partial charge is 0.408 e. The van der Waals surface area contributed by atoms with Gasteiger partial charge in [-0.15, -0.1) is 0 Å². The molecule has 196 valence electrons. The van der Waals surface area contributed by atoms with Crippen LogP contribution in [-0.2, 0) is 15.0 Å². The van der Waals surface area contributed by atoms with Gasteiger partial charge in [0.1, 0.15) is 16.9 Å². The second-order valence-corrected chi connectivity index (χ2v) is 11.4. The first-order chi connectivity index (χ1) is 17.4. The van der Waals surface area contributed by atoms with Crippen molar-refractivity contribution in [3.63, 3.8) is 0 Å². The van der Waals surface area contributed by atoms with Gasteiger partial charge in [-0.05, 0) is 79.4 Å². The van der Waals surface area contributed by atoms with Gasteiger partial charge in [-0.2, -0.15) is 0 Å². The molecule has 3 aromatic rings. The van der Waals surface area contributed by atoms with Gasteiger partial charge in [-0.1, -0.05) is 12.1 Å². The van der Waals surface area contributed by atoms with Crippen LogP contribution < -0.4 is 10.6 Å². The molecule has 0 saturated heterocycles. The second-order valence-electron chi connectivity index (χ2n) is 11.4. The van der Waals surface area contributed by atoms with Crippen molar-refractivity contribution in [2.24, 2.45) is 0 Å². The van der Waals surface area contributed by atoms with E-state index in [1.807, 2.05) is 45.9 Å². The predicted molar refractivity (Wildman–Crippen MR) is 142 cm³/mol. The second kappa shape index (κ2) is 8.75. The standard InChI is InChI=1S/C28H35N5O4/c1-7-36-24(34)18-15-20(30-22(18)28(13-14-28)33-25(35)37-26(3,4)5)17-9-8-10-19-21(17)31-23(16(2)29-19)32-27(6)11-12-27/h8-10,15,30H,7,11-14H2,1-6H3,(H,31,32)(H,33,35). The number of hydrogen-bond donors (Lipinski definition) is 3. The SMILES string of the molecule is CCOC(=O)c1cc(-c2cccc3nc(C)c(NC4(C)CC4)nc23)[nH]c1C1(NC(=O)OC(C)(C)C)CC1. The van der Waals surface area contributed by atoms with E-state index in [9.17, 15) is 9.59 Å². The van der Waals surface area contributed by atoms with Crippen LogP contribution in [0.3, 0.4) is 0 Å². The number of nitrogens with one attached hydrogen (secondary N) is 3. The van der Waals surface area contributed by atoms with Crippen LogP contribution in [0.15, 0.2) is 24.3 Å². The number of para-hydroxylation sites is 1. The summed E-state index contributed by atoms with van der Waals surface area (Å²) in [5, 5.41) is 6.53. The predicted octanol–water partition coefficient (Wildman–Crippen LogP) is 5.59. The van der Waals surface area contributed by atoms with Crippen LogP contribution in [-0.4, -0.2) is 44.8 Å². The summed E-state index contributed by atoms with van der Waals surface area (Å²) >= 11 is 0. The quantitative estimate of drug-likeness (QED) is 0.358. The molecule has 2 aliphatic rings. The van der Waals surface area contributed by atoms with E-state index in [1.54, 1.807) is 13.0 Å². The molecule has 2 heterocycles. The molecule has 1 amide bonds. The third-order valence-corrected chi connectivity index (χ3v) is 6.86. The first kappa shape index (κ1) is 25.0. The van der Waals surface area contributed by atoms with E-state index in [0.29, 0.717) is 29.8 Å². The first-order valence-corrected chi connectivity index (χ1v) is 12.9. The Balaban J connectivity index is 1.57. The zero-order valence-corrected chi connectivity index (χ0v) is 22.4. The van der Waals surface area contributed by atoms with Crippen LogP contribution in [0.5, 0.6) is 0 Å². The number of alkyl carbamates (subject to hydrolysis) is 1. The van der Waals surface area contributed by atoms with E-state index in [-0.39, 0.29) is 12.1 Å². The molecule has 0 spiro atoms. The molecule has 37 heavy (non-hydrogen) atoms. The van der Waals surface area contributed by atoms with Crippen molar-refractivity contribution in [3.8, 4) is 11.3 Å². The summed E-state index contributed by atoms with van der Waals surface area (Å²) in [5.41, 5.74) is 3.59. The number of amides is 1. The van der Waals surface area contributed by atoms with Crippen LogP contribution in [0.4, 0.5) is 10.6 Å². The summed E-state index contributed by atoms with van der Waals surface area (Å²) in [6.45, 7) is 11.6. The van der Waals surface area contributed by atoms with Gasteiger partial charge in [0.15, 0.2) is 0 Å². The molecule has 0 bridgehead atoms.